The van der Waals surface area contributed by atoms with Crippen molar-refractivity contribution in [2.75, 3.05) is 6.54 Å². The third-order valence-electron chi connectivity index (χ3n) is 4.92. The summed E-state index contributed by atoms with van der Waals surface area (Å²) in [6.07, 6.45) is 3.10. The maximum atomic E-state index is 12.0. The van der Waals surface area contributed by atoms with Gasteiger partial charge >= 0.3 is 12.0 Å². The van der Waals surface area contributed by atoms with Crippen LogP contribution in [0, 0.1) is 16.7 Å². The fourth-order valence-corrected chi connectivity index (χ4v) is 2.49. The van der Waals surface area contributed by atoms with Crippen molar-refractivity contribution in [1.29, 1.82) is 0 Å². The lowest BCUT2D eigenvalue weighted by atomic mass is 9.71. The van der Waals surface area contributed by atoms with Crippen LogP contribution in [0.5, 0.6) is 0 Å². The van der Waals surface area contributed by atoms with Crippen molar-refractivity contribution in [2.24, 2.45) is 16.7 Å². The normalized spacial score (nSPS) is 27.8. The quantitative estimate of drug-likeness (QED) is 0.746. The first-order valence-corrected chi connectivity index (χ1v) is 7.84. The van der Waals surface area contributed by atoms with E-state index in [1.54, 1.807) is 0 Å². The molecule has 0 aromatic rings. The van der Waals surface area contributed by atoms with Gasteiger partial charge in [0.25, 0.3) is 0 Å². The molecule has 0 heterocycles. The van der Waals surface area contributed by atoms with Gasteiger partial charge in [-0.3, -0.25) is 4.79 Å². The minimum Gasteiger partial charge on any atom is -0.481 e. The van der Waals surface area contributed by atoms with Gasteiger partial charge in [-0.25, -0.2) is 4.79 Å². The molecule has 0 radical (unpaired) electrons. The monoisotopic (exact) mass is 298 g/mol. The Morgan fingerprint density at radius 2 is 1.81 bits per heavy atom. The molecule has 3 N–H and O–H groups in total. The van der Waals surface area contributed by atoms with Gasteiger partial charge in [0.2, 0.25) is 0 Å². The van der Waals surface area contributed by atoms with Crippen LogP contribution in [-0.4, -0.2) is 29.7 Å². The number of carboxylic acid groups (broad SMARTS) is 1. The van der Waals surface area contributed by atoms with Crippen molar-refractivity contribution in [1.82, 2.24) is 10.6 Å². The Labute approximate surface area is 127 Å². The van der Waals surface area contributed by atoms with Gasteiger partial charge in [0.15, 0.2) is 0 Å². The van der Waals surface area contributed by atoms with Gasteiger partial charge in [0.05, 0.1) is 5.41 Å². The van der Waals surface area contributed by atoms with Crippen molar-refractivity contribution >= 4 is 12.0 Å². The first kappa shape index (κ1) is 17.8. The molecule has 5 heteroatoms. The zero-order valence-electron chi connectivity index (χ0n) is 14.0. The van der Waals surface area contributed by atoms with Gasteiger partial charge in [0, 0.05) is 12.6 Å². The van der Waals surface area contributed by atoms with Crippen LogP contribution in [0.25, 0.3) is 0 Å². The Bertz CT molecular complexity index is 379. The molecule has 5 nitrogen and oxygen atoms in total. The minimum absolute atomic E-state index is 0.0182. The van der Waals surface area contributed by atoms with E-state index >= 15 is 0 Å². The summed E-state index contributed by atoms with van der Waals surface area (Å²) >= 11 is 0. The largest absolute Gasteiger partial charge is 0.481 e. The molecule has 122 valence electrons. The number of hydrogen-bond donors (Lipinski definition) is 3. The first-order valence-electron chi connectivity index (χ1n) is 7.84. The highest BCUT2D eigenvalue weighted by Crippen LogP contribution is 2.38. The van der Waals surface area contributed by atoms with E-state index in [4.69, 9.17) is 0 Å². The molecule has 0 spiro atoms. The van der Waals surface area contributed by atoms with E-state index in [9.17, 15) is 14.7 Å². The predicted octanol–water partition coefficient (Wildman–Crippen LogP) is 3.00. The van der Waals surface area contributed by atoms with Crippen molar-refractivity contribution in [3.8, 4) is 0 Å². The maximum Gasteiger partial charge on any atom is 0.315 e. The van der Waals surface area contributed by atoms with E-state index in [-0.39, 0.29) is 24.0 Å². The molecular weight excluding hydrogens is 268 g/mol. The van der Waals surface area contributed by atoms with E-state index < -0.39 is 11.4 Å². The van der Waals surface area contributed by atoms with Crippen LogP contribution in [0.2, 0.25) is 0 Å². The molecule has 1 rings (SSSR count). The lowest BCUT2D eigenvalue weighted by Crippen LogP contribution is -2.51. The molecule has 1 atom stereocenters. The summed E-state index contributed by atoms with van der Waals surface area (Å²) in [5.41, 5.74) is -0.823. The maximum absolute atomic E-state index is 12.0. The highest BCUT2D eigenvalue weighted by molar-refractivity contribution is 5.78. The minimum atomic E-state index is -0.797. The topological polar surface area (TPSA) is 78.4 Å². The van der Waals surface area contributed by atoms with E-state index in [1.165, 1.54) is 0 Å². The van der Waals surface area contributed by atoms with Crippen LogP contribution in [0.4, 0.5) is 4.79 Å². The summed E-state index contributed by atoms with van der Waals surface area (Å²) in [7, 11) is 0. The summed E-state index contributed by atoms with van der Waals surface area (Å²) in [6, 6.07) is -0.263. The molecule has 0 aromatic carbocycles. The zero-order valence-corrected chi connectivity index (χ0v) is 14.0. The van der Waals surface area contributed by atoms with Crippen LogP contribution >= 0.6 is 0 Å². The average Bonchev–Trinajstić information content (AvgIpc) is 2.37. The Morgan fingerprint density at radius 3 is 2.24 bits per heavy atom. The fraction of sp³-hybridized carbons (Fsp3) is 0.875. The zero-order chi connectivity index (χ0) is 16.3. The second-order valence-electron chi connectivity index (χ2n) is 7.68. The molecule has 0 aromatic heterocycles. The molecular formula is C16H30N2O3. The first-order chi connectivity index (χ1) is 9.57. The van der Waals surface area contributed by atoms with Crippen LogP contribution in [0.15, 0.2) is 0 Å². The van der Waals surface area contributed by atoms with Crippen LogP contribution in [0.3, 0.4) is 0 Å². The Morgan fingerprint density at radius 1 is 1.29 bits per heavy atom. The van der Waals surface area contributed by atoms with Crippen molar-refractivity contribution in [2.45, 2.75) is 66.3 Å². The third kappa shape index (κ3) is 4.90. The molecule has 1 aliphatic carbocycles. The average molecular weight is 298 g/mol. The lowest BCUT2D eigenvalue weighted by molar-refractivity contribution is -0.151. The van der Waals surface area contributed by atoms with E-state index in [0.29, 0.717) is 18.8 Å². The van der Waals surface area contributed by atoms with Crippen LogP contribution in [-0.2, 0) is 4.79 Å². The second-order valence-corrected chi connectivity index (χ2v) is 7.68. The number of aliphatic carboxylic acids is 1. The summed E-state index contributed by atoms with van der Waals surface area (Å²) in [5.74, 6) is -0.217. The van der Waals surface area contributed by atoms with Crippen LogP contribution in [0.1, 0.15) is 60.3 Å². The molecule has 0 aliphatic heterocycles. The van der Waals surface area contributed by atoms with E-state index in [1.807, 2.05) is 6.92 Å². The second kappa shape index (κ2) is 6.67. The number of nitrogens with one attached hydrogen (secondary N) is 2. The van der Waals surface area contributed by atoms with Gasteiger partial charge in [0.1, 0.15) is 0 Å². The molecule has 0 saturated heterocycles. The molecule has 1 saturated carbocycles. The van der Waals surface area contributed by atoms with Gasteiger partial charge in [-0.2, -0.15) is 0 Å². The standard InChI is InChI=1S/C16H30N2O3/c1-11-6-8-16(9-7-11,13(19)20)10-17-14(21)18-12(2)15(3,4)5/h11-12H,6-10H2,1-5H3,(H,19,20)(H2,17,18,21). The smallest absolute Gasteiger partial charge is 0.315 e. The van der Waals surface area contributed by atoms with Gasteiger partial charge in [-0.1, -0.05) is 27.7 Å². The molecule has 0 bridgehead atoms. The fourth-order valence-electron chi connectivity index (χ4n) is 2.49. The van der Waals surface area contributed by atoms with Crippen LogP contribution < -0.4 is 10.6 Å². The number of carbonyl (C=O) groups excluding carboxylic acids is 1. The summed E-state index contributed by atoms with van der Waals surface area (Å²) < 4.78 is 0. The summed E-state index contributed by atoms with van der Waals surface area (Å²) in [6.45, 7) is 10.5. The summed E-state index contributed by atoms with van der Waals surface area (Å²) in [4.78, 5) is 23.6. The molecule has 2 amide bonds. The van der Waals surface area contributed by atoms with E-state index in [2.05, 4.69) is 38.3 Å². The van der Waals surface area contributed by atoms with Crippen molar-refractivity contribution in [3.05, 3.63) is 0 Å². The molecule has 1 unspecified atom stereocenters. The predicted molar refractivity (Wildman–Crippen MR) is 83.2 cm³/mol. The Hall–Kier alpha value is -1.26. The number of carbonyl (C=O) groups is 2. The van der Waals surface area contributed by atoms with Gasteiger partial charge in [-0.05, 0) is 43.9 Å². The molecule has 1 fully saturated rings. The van der Waals surface area contributed by atoms with Crippen molar-refractivity contribution in [3.63, 3.8) is 0 Å². The Kier molecular flexibility index (Phi) is 5.65. The lowest BCUT2D eigenvalue weighted by Gasteiger charge is -2.36. The highest BCUT2D eigenvalue weighted by Gasteiger charge is 2.41. The van der Waals surface area contributed by atoms with Gasteiger partial charge in [-0.15, -0.1) is 0 Å². The number of urea groups is 1. The number of carboxylic acids is 1. The molecule has 21 heavy (non-hydrogen) atoms. The molecule has 1 aliphatic rings. The number of hydrogen-bond acceptors (Lipinski definition) is 2. The van der Waals surface area contributed by atoms with E-state index in [0.717, 1.165) is 12.8 Å². The summed E-state index contributed by atoms with van der Waals surface area (Å²) in [5, 5.41) is 15.2. The number of amides is 2. The SMILES string of the molecule is CC1CCC(CNC(=O)NC(C)C(C)(C)C)(C(=O)O)CC1. The Balaban J connectivity index is 2.55. The number of rotatable bonds is 4. The third-order valence-corrected chi connectivity index (χ3v) is 4.92. The highest BCUT2D eigenvalue weighted by atomic mass is 16.4. The van der Waals surface area contributed by atoms with Crippen molar-refractivity contribution < 1.29 is 14.7 Å². The van der Waals surface area contributed by atoms with Gasteiger partial charge < -0.3 is 15.7 Å².